The zero-order chi connectivity index (χ0) is 18.6. The predicted octanol–water partition coefficient (Wildman–Crippen LogP) is 5.99. The third kappa shape index (κ3) is 4.15. The average Bonchev–Trinajstić information content (AvgIpc) is 3.14. The first-order valence-corrected chi connectivity index (χ1v) is 9.99. The number of nitrogens with one attached hydrogen (secondary N) is 1. The van der Waals surface area contributed by atoms with Crippen molar-refractivity contribution < 1.29 is 4.79 Å². The van der Waals surface area contributed by atoms with Crippen LogP contribution in [0, 0.1) is 0 Å². The third-order valence-corrected chi connectivity index (χ3v) is 5.59. The SMILES string of the molecule is O=C(NC(=Cc1ccc(Br)cc1)c1nc2ccccc2s1)c1ccccc1. The second-order valence-electron chi connectivity index (χ2n) is 5.92. The van der Waals surface area contributed by atoms with Gasteiger partial charge in [-0.1, -0.05) is 58.4 Å². The summed E-state index contributed by atoms with van der Waals surface area (Å²) in [6.45, 7) is 0. The topological polar surface area (TPSA) is 42.0 Å². The average molecular weight is 435 g/mol. The number of benzene rings is 3. The van der Waals surface area contributed by atoms with Gasteiger partial charge in [-0.15, -0.1) is 11.3 Å². The molecule has 4 rings (SSSR count). The van der Waals surface area contributed by atoms with Gasteiger partial charge in [-0.05, 0) is 48.0 Å². The molecule has 0 unspecified atom stereocenters. The predicted molar refractivity (Wildman–Crippen MR) is 116 cm³/mol. The highest BCUT2D eigenvalue weighted by atomic mass is 79.9. The van der Waals surface area contributed by atoms with Gasteiger partial charge in [-0.2, -0.15) is 0 Å². The number of fused-ring (bicyclic) bond motifs is 1. The second kappa shape index (κ2) is 7.86. The van der Waals surface area contributed by atoms with Gasteiger partial charge >= 0.3 is 0 Å². The van der Waals surface area contributed by atoms with E-state index in [1.807, 2.05) is 72.8 Å². The Balaban J connectivity index is 1.74. The van der Waals surface area contributed by atoms with Crippen molar-refractivity contribution in [1.82, 2.24) is 10.3 Å². The quantitative estimate of drug-likeness (QED) is 0.428. The van der Waals surface area contributed by atoms with Gasteiger partial charge in [-0.3, -0.25) is 4.79 Å². The Morgan fingerprint density at radius 1 is 0.926 bits per heavy atom. The lowest BCUT2D eigenvalue weighted by Gasteiger charge is -2.08. The molecule has 0 bridgehead atoms. The van der Waals surface area contributed by atoms with Gasteiger partial charge in [0.05, 0.1) is 15.9 Å². The summed E-state index contributed by atoms with van der Waals surface area (Å²) in [5.41, 5.74) is 3.21. The maximum atomic E-state index is 12.7. The second-order valence-corrected chi connectivity index (χ2v) is 7.86. The fraction of sp³-hybridized carbons (Fsp3) is 0. The van der Waals surface area contributed by atoms with E-state index in [0.29, 0.717) is 11.3 Å². The number of para-hydroxylation sites is 1. The van der Waals surface area contributed by atoms with E-state index in [1.165, 1.54) is 0 Å². The molecule has 1 amide bonds. The normalized spacial score (nSPS) is 11.5. The van der Waals surface area contributed by atoms with Crippen LogP contribution in [0.15, 0.2) is 83.3 Å². The van der Waals surface area contributed by atoms with Crippen molar-refractivity contribution in [2.24, 2.45) is 0 Å². The minimum atomic E-state index is -0.154. The molecular formula is C22H15BrN2OS. The monoisotopic (exact) mass is 434 g/mol. The number of hydrogen-bond acceptors (Lipinski definition) is 3. The third-order valence-electron chi connectivity index (χ3n) is 3.99. The molecule has 0 saturated carbocycles. The summed E-state index contributed by atoms with van der Waals surface area (Å²) < 4.78 is 2.10. The molecule has 5 heteroatoms. The molecule has 0 fully saturated rings. The molecule has 27 heavy (non-hydrogen) atoms. The molecule has 3 nitrogen and oxygen atoms in total. The molecule has 3 aromatic carbocycles. The molecule has 4 aromatic rings. The van der Waals surface area contributed by atoms with Gasteiger partial charge in [-0.25, -0.2) is 4.98 Å². The van der Waals surface area contributed by atoms with E-state index in [-0.39, 0.29) is 5.91 Å². The number of thiazole rings is 1. The summed E-state index contributed by atoms with van der Waals surface area (Å²) in [6.07, 6.45) is 1.95. The molecule has 1 N–H and O–H groups in total. The highest BCUT2D eigenvalue weighted by Gasteiger charge is 2.13. The van der Waals surface area contributed by atoms with E-state index in [4.69, 9.17) is 4.98 Å². The summed E-state index contributed by atoms with van der Waals surface area (Å²) in [7, 11) is 0. The lowest BCUT2D eigenvalue weighted by molar-refractivity contribution is 0.0974. The Kier molecular flexibility index (Phi) is 5.14. The van der Waals surface area contributed by atoms with Gasteiger partial charge in [0, 0.05) is 10.0 Å². The van der Waals surface area contributed by atoms with Gasteiger partial charge in [0.1, 0.15) is 5.01 Å². The molecule has 0 atom stereocenters. The van der Waals surface area contributed by atoms with Crippen LogP contribution >= 0.6 is 27.3 Å². The van der Waals surface area contributed by atoms with E-state index in [9.17, 15) is 4.79 Å². The Hall–Kier alpha value is -2.76. The first-order valence-electron chi connectivity index (χ1n) is 8.39. The molecular weight excluding hydrogens is 420 g/mol. The van der Waals surface area contributed by atoms with E-state index < -0.39 is 0 Å². The van der Waals surface area contributed by atoms with Gasteiger partial charge in [0.2, 0.25) is 0 Å². The van der Waals surface area contributed by atoms with Gasteiger partial charge in [0.15, 0.2) is 0 Å². The van der Waals surface area contributed by atoms with E-state index in [0.717, 1.165) is 25.3 Å². The van der Waals surface area contributed by atoms with Crippen LogP contribution < -0.4 is 5.32 Å². The number of nitrogens with zero attached hydrogens (tertiary/aromatic N) is 1. The molecule has 0 spiro atoms. The first-order chi connectivity index (χ1) is 13.2. The Labute approximate surface area is 169 Å². The number of amides is 1. The van der Waals surface area contributed by atoms with Crippen LogP contribution in [0.1, 0.15) is 20.9 Å². The van der Waals surface area contributed by atoms with Gasteiger partial charge < -0.3 is 5.32 Å². The Bertz CT molecular complexity index is 1080. The van der Waals surface area contributed by atoms with Crippen LogP contribution in [0.4, 0.5) is 0 Å². The van der Waals surface area contributed by atoms with Crippen molar-refractivity contribution >= 4 is 55.2 Å². The van der Waals surface area contributed by atoms with Crippen LogP contribution in [0.25, 0.3) is 22.0 Å². The summed E-state index contributed by atoms with van der Waals surface area (Å²) in [4.78, 5) is 17.4. The zero-order valence-corrected chi connectivity index (χ0v) is 16.6. The van der Waals surface area contributed by atoms with E-state index in [1.54, 1.807) is 23.5 Å². The molecule has 1 heterocycles. The van der Waals surface area contributed by atoms with Crippen molar-refractivity contribution in [3.05, 3.63) is 99.5 Å². The number of halogens is 1. The maximum Gasteiger partial charge on any atom is 0.255 e. The molecule has 0 aliphatic rings. The van der Waals surface area contributed by atoms with Gasteiger partial charge in [0.25, 0.3) is 5.91 Å². The molecule has 0 radical (unpaired) electrons. The van der Waals surface area contributed by atoms with Crippen molar-refractivity contribution in [2.45, 2.75) is 0 Å². The molecule has 132 valence electrons. The highest BCUT2D eigenvalue weighted by molar-refractivity contribution is 9.10. The highest BCUT2D eigenvalue weighted by Crippen LogP contribution is 2.27. The maximum absolute atomic E-state index is 12.7. The summed E-state index contributed by atoms with van der Waals surface area (Å²) in [6, 6.07) is 25.1. The number of rotatable bonds is 4. The summed E-state index contributed by atoms with van der Waals surface area (Å²) >= 11 is 5.01. The lowest BCUT2D eigenvalue weighted by Crippen LogP contribution is -2.21. The molecule has 0 aliphatic carbocycles. The van der Waals surface area contributed by atoms with Crippen molar-refractivity contribution in [1.29, 1.82) is 0 Å². The van der Waals surface area contributed by atoms with Crippen LogP contribution in [0.3, 0.4) is 0 Å². The number of aromatic nitrogens is 1. The molecule has 1 aromatic heterocycles. The van der Waals surface area contributed by atoms with Crippen molar-refractivity contribution in [3.63, 3.8) is 0 Å². The van der Waals surface area contributed by atoms with Crippen molar-refractivity contribution in [3.8, 4) is 0 Å². The fourth-order valence-electron chi connectivity index (χ4n) is 2.65. The first kappa shape index (κ1) is 17.6. The van der Waals surface area contributed by atoms with Crippen LogP contribution in [-0.2, 0) is 0 Å². The Morgan fingerprint density at radius 2 is 1.63 bits per heavy atom. The zero-order valence-electron chi connectivity index (χ0n) is 14.2. The van der Waals surface area contributed by atoms with Crippen LogP contribution in [-0.4, -0.2) is 10.9 Å². The van der Waals surface area contributed by atoms with E-state index in [2.05, 4.69) is 21.2 Å². The molecule has 0 saturated heterocycles. The molecule has 0 aliphatic heterocycles. The summed E-state index contributed by atoms with van der Waals surface area (Å²) in [5.74, 6) is -0.154. The summed E-state index contributed by atoms with van der Waals surface area (Å²) in [5, 5.41) is 3.81. The fourth-order valence-corrected chi connectivity index (χ4v) is 3.85. The minimum Gasteiger partial charge on any atom is -0.319 e. The Morgan fingerprint density at radius 3 is 2.37 bits per heavy atom. The largest absolute Gasteiger partial charge is 0.319 e. The van der Waals surface area contributed by atoms with Crippen LogP contribution in [0.5, 0.6) is 0 Å². The lowest BCUT2D eigenvalue weighted by atomic mass is 10.1. The smallest absolute Gasteiger partial charge is 0.255 e. The minimum absolute atomic E-state index is 0.154. The number of hydrogen-bond donors (Lipinski definition) is 1. The van der Waals surface area contributed by atoms with Crippen molar-refractivity contribution in [2.75, 3.05) is 0 Å². The van der Waals surface area contributed by atoms with E-state index >= 15 is 0 Å². The standard InChI is InChI=1S/C22H15BrN2OS/c23-17-12-10-15(11-13-17)14-19(24-21(26)16-6-2-1-3-7-16)22-25-18-8-4-5-9-20(18)27-22/h1-14H,(H,24,26). The van der Waals surface area contributed by atoms with Crippen LogP contribution in [0.2, 0.25) is 0 Å². The number of carbonyl (C=O) groups excluding carboxylic acids is 1. The number of carbonyl (C=O) groups is 1.